The molecule has 0 spiro atoms. The molecule has 0 aliphatic heterocycles. The number of methoxy groups -OCH3 is 1. The standard InChI is InChI=1S/C19H21NO5S/c1-4-9-16(18(21)20-17(10-5-2)19(22)25-3)14-26(23,24)13-15-11-7-6-8-12-15/h1-2,6-8,11-12,16-17H,9-10,13-14H2,3H3,(H,20,21)/t16-,17-/m0/s1. The Morgan fingerprint density at radius 2 is 1.77 bits per heavy atom. The average Bonchev–Trinajstić information content (AvgIpc) is 2.60. The van der Waals surface area contributed by atoms with E-state index in [4.69, 9.17) is 12.8 Å². The Balaban J connectivity index is 2.86. The SMILES string of the molecule is C#CC[C@@H](CS(=O)(=O)Cc1ccccc1)C(=O)N[C@@H](CC#C)C(=O)OC. The summed E-state index contributed by atoms with van der Waals surface area (Å²) in [4.78, 5) is 24.1. The lowest BCUT2D eigenvalue weighted by Gasteiger charge is -2.19. The minimum Gasteiger partial charge on any atom is -0.467 e. The molecule has 1 aromatic carbocycles. The molecule has 0 fully saturated rings. The molecule has 1 amide bonds. The van der Waals surface area contributed by atoms with Crippen LogP contribution in [0.5, 0.6) is 0 Å². The van der Waals surface area contributed by atoms with Crippen molar-refractivity contribution in [3.63, 3.8) is 0 Å². The van der Waals surface area contributed by atoms with Crippen molar-refractivity contribution in [2.75, 3.05) is 12.9 Å². The van der Waals surface area contributed by atoms with Crippen LogP contribution in [0.3, 0.4) is 0 Å². The predicted molar refractivity (Wildman–Crippen MR) is 98.3 cm³/mol. The molecule has 2 atom stereocenters. The molecule has 7 heteroatoms. The zero-order valence-corrected chi connectivity index (χ0v) is 15.3. The van der Waals surface area contributed by atoms with E-state index in [0.717, 1.165) is 0 Å². The Bertz CT molecular complexity index is 803. The zero-order chi connectivity index (χ0) is 19.6. The summed E-state index contributed by atoms with van der Waals surface area (Å²) in [5.74, 6) is 1.60. The first kappa shape index (κ1) is 21.3. The van der Waals surface area contributed by atoms with Crippen LogP contribution in [-0.2, 0) is 29.9 Å². The van der Waals surface area contributed by atoms with E-state index < -0.39 is 39.4 Å². The van der Waals surface area contributed by atoms with Crippen LogP contribution in [0.4, 0.5) is 0 Å². The predicted octanol–water partition coefficient (Wildman–Crippen LogP) is 0.922. The number of terminal acetylenes is 2. The molecule has 0 saturated heterocycles. The van der Waals surface area contributed by atoms with Crippen LogP contribution >= 0.6 is 0 Å². The summed E-state index contributed by atoms with van der Waals surface area (Å²) < 4.78 is 29.4. The molecule has 0 saturated carbocycles. The minimum atomic E-state index is -3.59. The van der Waals surface area contributed by atoms with Gasteiger partial charge in [-0.3, -0.25) is 4.79 Å². The average molecular weight is 375 g/mol. The fourth-order valence-electron chi connectivity index (χ4n) is 2.31. The van der Waals surface area contributed by atoms with Gasteiger partial charge in [0.05, 0.1) is 24.5 Å². The minimum absolute atomic E-state index is 0.0715. The largest absolute Gasteiger partial charge is 0.467 e. The summed E-state index contributed by atoms with van der Waals surface area (Å²) in [6.45, 7) is 0. The van der Waals surface area contributed by atoms with Crippen molar-refractivity contribution in [3.05, 3.63) is 35.9 Å². The summed E-state index contributed by atoms with van der Waals surface area (Å²) in [6.07, 6.45) is 10.3. The highest BCUT2D eigenvalue weighted by molar-refractivity contribution is 7.90. The number of esters is 1. The highest BCUT2D eigenvalue weighted by atomic mass is 32.2. The number of nitrogens with one attached hydrogen (secondary N) is 1. The van der Waals surface area contributed by atoms with Crippen LogP contribution in [0.25, 0.3) is 0 Å². The van der Waals surface area contributed by atoms with Crippen molar-refractivity contribution in [2.24, 2.45) is 5.92 Å². The fraction of sp³-hybridized carbons (Fsp3) is 0.368. The second-order valence-electron chi connectivity index (χ2n) is 5.64. The van der Waals surface area contributed by atoms with Crippen LogP contribution in [0.2, 0.25) is 0 Å². The number of sulfone groups is 1. The summed E-state index contributed by atoms with van der Waals surface area (Å²) in [7, 11) is -2.42. The maximum Gasteiger partial charge on any atom is 0.329 e. The molecule has 0 aliphatic rings. The number of hydrogen-bond donors (Lipinski definition) is 1. The van der Waals surface area contributed by atoms with Gasteiger partial charge in [0, 0.05) is 12.8 Å². The van der Waals surface area contributed by atoms with Gasteiger partial charge in [-0.1, -0.05) is 30.3 Å². The van der Waals surface area contributed by atoms with E-state index in [1.54, 1.807) is 30.3 Å². The number of carbonyl (C=O) groups is 2. The van der Waals surface area contributed by atoms with E-state index in [-0.39, 0.29) is 18.6 Å². The Morgan fingerprint density at radius 1 is 1.15 bits per heavy atom. The number of benzene rings is 1. The van der Waals surface area contributed by atoms with E-state index >= 15 is 0 Å². The molecule has 138 valence electrons. The smallest absolute Gasteiger partial charge is 0.329 e. The lowest BCUT2D eigenvalue weighted by molar-refractivity contribution is -0.145. The van der Waals surface area contributed by atoms with Gasteiger partial charge in [0.2, 0.25) is 5.91 Å². The third-order valence-electron chi connectivity index (χ3n) is 3.54. The van der Waals surface area contributed by atoms with Gasteiger partial charge in [0.25, 0.3) is 0 Å². The van der Waals surface area contributed by atoms with E-state index in [0.29, 0.717) is 5.56 Å². The van der Waals surface area contributed by atoms with Crippen molar-refractivity contribution in [1.82, 2.24) is 5.32 Å². The van der Waals surface area contributed by atoms with Crippen molar-refractivity contribution < 1.29 is 22.7 Å². The molecule has 0 heterocycles. The third kappa shape index (κ3) is 7.00. The van der Waals surface area contributed by atoms with Gasteiger partial charge in [-0.05, 0) is 5.56 Å². The first-order valence-corrected chi connectivity index (χ1v) is 9.64. The molecule has 1 N–H and O–H groups in total. The summed E-state index contributed by atoms with van der Waals surface area (Å²) in [6, 6.07) is 7.58. The number of hydrogen-bond acceptors (Lipinski definition) is 5. The monoisotopic (exact) mass is 375 g/mol. The summed E-state index contributed by atoms with van der Waals surface area (Å²) >= 11 is 0. The molecule has 0 radical (unpaired) electrons. The number of rotatable bonds is 9. The highest BCUT2D eigenvalue weighted by Gasteiger charge is 2.29. The molecule has 1 rings (SSSR count). The van der Waals surface area contributed by atoms with Crippen LogP contribution in [-0.4, -0.2) is 39.2 Å². The van der Waals surface area contributed by atoms with Crippen LogP contribution in [0.15, 0.2) is 30.3 Å². The summed E-state index contributed by atoms with van der Waals surface area (Å²) in [5.41, 5.74) is 0.618. The van der Waals surface area contributed by atoms with E-state index in [2.05, 4.69) is 21.9 Å². The number of ether oxygens (including phenoxy) is 1. The topological polar surface area (TPSA) is 89.5 Å². The lowest BCUT2D eigenvalue weighted by atomic mass is 10.1. The van der Waals surface area contributed by atoms with Gasteiger partial charge in [0.15, 0.2) is 9.84 Å². The van der Waals surface area contributed by atoms with Gasteiger partial charge >= 0.3 is 5.97 Å². The normalized spacial score (nSPS) is 12.9. The van der Waals surface area contributed by atoms with Crippen molar-refractivity contribution in [2.45, 2.75) is 24.6 Å². The van der Waals surface area contributed by atoms with Crippen LogP contribution in [0.1, 0.15) is 18.4 Å². The second-order valence-corrected chi connectivity index (χ2v) is 7.75. The fourth-order valence-corrected chi connectivity index (χ4v) is 4.01. The Morgan fingerprint density at radius 3 is 2.31 bits per heavy atom. The van der Waals surface area contributed by atoms with E-state index in [9.17, 15) is 18.0 Å². The van der Waals surface area contributed by atoms with E-state index in [1.165, 1.54) is 7.11 Å². The molecule has 0 aromatic heterocycles. The molecule has 0 unspecified atom stereocenters. The number of carbonyl (C=O) groups excluding carboxylic acids is 2. The van der Waals surface area contributed by atoms with Crippen molar-refractivity contribution in [3.8, 4) is 24.7 Å². The Labute approximate surface area is 154 Å². The molecule has 26 heavy (non-hydrogen) atoms. The second kappa shape index (κ2) is 10.3. The first-order chi connectivity index (χ1) is 12.3. The maximum atomic E-state index is 12.4. The zero-order valence-electron chi connectivity index (χ0n) is 14.5. The van der Waals surface area contributed by atoms with Gasteiger partial charge in [0.1, 0.15) is 6.04 Å². The first-order valence-electron chi connectivity index (χ1n) is 7.82. The number of amides is 1. The molecule has 0 bridgehead atoms. The maximum absolute atomic E-state index is 12.4. The third-order valence-corrected chi connectivity index (χ3v) is 5.23. The lowest BCUT2D eigenvalue weighted by Crippen LogP contribution is -2.45. The molecule has 0 aliphatic carbocycles. The van der Waals surface area contributed by atoms with E-state index in [1.807, 2.05) is 0 Å². The quantitative estimate of drug-likeness (QED) is 0.512. The molecule has 6 nitrogen and oxygen atoms in total. The van der Waals surface area contributed by atoms with Gasteiger partial charge in [-0.25, -0.2) is 13.2 Å². The highest BCUT2D eigenvalue weighted by Crippen LogP contribution is 2.13. The van der Waals surface area contributed by atoms with Crippen molar-refractivity contribution >= 4 is 21.7 Å². The summed E-state index contributed by atoms with van der Waals surface area (Å²) in [5, 5.41) is 2.42. The van der Waals surface area contributed by atoms with Gasteiger partial charge in [-0.15, -0.1) is 24.7 Å². The molecular weight excluding hydrogens is 354 g/mol. The van der Waals surface area contributed by atoms with Crippen LogP contribution < -0.4 is 5.32 Å². The van der Waals surface area contributed by atoms with Crippen LogP contribution in [0, 0.1) is 30.6 Å². The van der Waals surface area contributed by atoms with Gasteiger partial charge in [-0.2, -0.15) is 0 Å². The Hall–Kier alpha value is -2.77. The van der Waals surface area contributed by atoms with Gasteiger partial charge < -0.3 is 10.1 Å². The van der Waals surface area contributed by atoms with Crippen molar-refractivity contribution in [1.29, 1.82) is 0 Å². The molecule has 1 aromatic rings. The Kier molecular flexibility index (Phi) is 8.41. The molecular formula is C19H21NO5S.